The van der Waals surface area contributed by atoms with Gasteiger partial charge in [-0.05, 0) is 83.1 Å². The summed E-state index contributed by atoms with van der Waals surface area (Å²) in [6, 6.07) is 14.7. The molecular formula is C32H35N5O3S. The average Bonchev–Trinajstić information content (AvgIpc) is 3.56. The van der Waals surface area contributed by atoms with Crippen LogP contribution in [0.2, 0.25) is 0 Å². The molecule has 0 unspecified atom stereocenters. The Morgan fingerprint density at radius 1 is 1.20 bits per heavy atom. The van der Waals surface area contributed by atoms with Crippen LogP contribution in [-0.2, 0) is 18.4 Å². The summed E-state index contributed by atoms with van der Waals surface area (Å²) in [4.78, 5) is 19.4. The molecule has 0 fully saturated rings. The summed E-state index contributed by atoms with van der Waals surface area (Å²) in [7, 11) is 1.87. The lowest BCUT2D eigenvalue weighted by atomic mass is 9.84. The van der Waals surface area contributed by atoms with Crippen LogP contribution < -0.4 is 4.74 Å². The largest absolute Gasteiger partial charge is 0.487 e. The second-order valence-electron chi connectivity index (χ2n) is 10.9. The number of rotatable bonds is 8. The Balaban J connectivity index is 1.45. The molecule has 0 saturated carbocycles. The van der Waals surface area contributed by atoms with Crippen molar-refractivity contribution in [2.75, 3.05) is 6.54 Å². The van der Waals surface area contributed by atoms with Crippen LogP contribution in [0.15, 0.2) is 54.0 Å². The third-order valence-corrected chi connectivity index (χ3v) is 9.40. The van der Waals surface area contributed by atoms with E-state index in [4.69, 9.17) is 9.72 Å². The van der Waals surface area contributed by atoms with E-state index in [1.165, 1.54) is 10.3 Å². The van der Waals surface area contributed by atoms with E-state index in [1.54, 1.807) is 16.0 Å². The highest BCUT2D eigenvalue weighted by Gasteiger charge is 2.31. The monoisotopic (exact) mass is 569 g/mol. The van der Waals surface area contributed by atoms with Crippen molar-refractivity contribution in [1.82, 2.24) is 24.9 Å². The van der Waals surface area contributed by atoms with E-state index < -0.39 is 5.97 Å². The number of hydrogen-bond acceptors (Lipinski definition) is 7. The van der Waals surface area contributed by atoms with E-state index in [2.05, 4.69) is 52.6 Å². The highest BCUT2D eigenvalue weighted by atomic mass is 32.1. The second kappa shape index (κ2) is 11.2. The van der Waals surface area contributed by atoms with Gasteiger partial charge in [0, 0.05) is 37.0 Å². The van der Waals surface area contributed by atoms with Crippen molar-refractivity contribution in [3.63, 3.8) is 0 Å². The number of aryl methyl sites for hydroxylation is 2. The van der Waals surface area contributed by atoms with E-state index in [9.17, 15) is 9.90 Å². The summed E-state index contributed by atoms with van der Waals surface area (Å²) in [5.74, 6) is -0.271. The summed E-state index contributed by atoms with van der Waals surface area (Å²) in [6.45, 7) is 7.90. The van der Waals surface area contributed by atoms with Crippen LogP contribution in [0.25, 0.3) is 21.1 Å². The van der Waals surface area contributed by atoms with Crippen LogP contribution in [0.5, 0.6) is 5.75 Å². The molecule has 3 aromatic heterocycles. The zero-order valence-electron chi connectivity index (χ0n) is 23.9. The number of ether oxygens (including phenoxy) is 1. The first-order valence-corrected chi connectivity index (χ1v) is 15.1. The fourth-order valence-corrected chi connectivity index (χ4v) is 7.19. The first kappa shape index (κ1) is 27.4. The second-order valence-corrected chi connectivity index (χ2v) is 11.8. The first-order valence-electron chi connectivity index (χ1n) is 14.2. The summed E-state index contributed by atoms with van der Waals surface area (Å²) >= 11 is 1.74. The highest BCUT2D eigenvalue weighted by Crippen LogP contribution is 2.40. The maximum absolute atomic E-state index is 12.2. The number of carboxylic acids is 1. The number of aliphatic carboxylic acids is 1. The van der Waals surface area contributed by atoms with Crippen LogP contribution in [0.1, 0.15) is 73.0 Å². The Kier molecular flexibility index (Phi) is 7.48. The van der Waals surface area contributed by atoms with Crippen LogP contribution in [-0.4, -0.2) is 48.6 Å². The lowest BCUT2D eigenvalue weighted by Gasteiger charge is -2.30. The van der Waals surface area contributed by atoms with Gasteiger partial charge < -0.3 is 9.84 Å². The summed E-state index contributed by atoms with van der Waals surface area (Å²) in [5, 5.41) is 21.8. The minimum Gasteiger partial charge on any atom is -0.487 e. The molecule has 9 heteroatoms. The van der Waals surface area contributed by atoms with Gasteiger partial charge in [0.15, 0.2) is 0 Å². The van der Waals surface area contributed by atoms with Gasteiger partial charge >= 0.3 is 5.97 Å². The molecular weight excluding hydrogens is 534 g/mol. The maximum Gasteiger partial charge on any atom is 0.304 e. The molecule has 4 heterocycles. The molecule has 1 N–H and O–H groups in total. The molecule has 8 nitrogen and oxygen atoms in total. The molecule has 0 bridgehead atoms. The number of carboxylic acid groups (broad SMARTS) is 1. The number of nitrogens with zero attached hydrogens (tertiary/aromatic N) is 5. The molecule has 5 aromatic rings. The predicted octanol–water partition coefficient (Wildman–Crippen LogP) is 6.62. The molecule has 1 aliphatic heterocycles. The van der Waals surface area contributed by atoms with Crippen LogP contribution >= 0.6 is 11.3 Å². The Morgan fingerprint density at radius 3 is 2.83 bits per heavy atom. The normalized spacial score (nSPS) is 18.2. The fraction of sp³-hybridized carbons (Fsp3) is 0.375. The van der Waals surface area contributed by atoms with Gasteiger partial charge in [0.2, 0.25) is 0 Å². The molecule has 2 aromatic carbocycles. The predicted molar refractivity (Wildman–Crippen MR) is 162 cm³/mol. The molecule has 0 saturated heterocycles. The van der Waals surface area contributed by atoms with Crippen LogP contribution in [0.4, 0.5) is 0 Å². The van der Waals surface area contributed by atoms with Crippen molar-refractivity contribution in [1.29, 1.82) is 0 Å². The minimum atomic E-state index is -0.829. The number of benzene rings is 2. The number of hydrogen-bond donors (Lipinski definition) is 1. The molecule has 0 aliphatic carbocycles. The minimum absolute atomic E-state index is 0.00790. The summed E-state index contributed by atoms with van der Waals surface area (Å²) in [5.41, 5.74) is 6.88. The number of aromatic nitrogens is 4. The third kappa shape index (κ3) is 5.08. The van der Waals surface area contributed by atoms with Gasteiger partial charge in [-0.2, -0.15) is 0 Å². The van der Waals surface area contributed by atoms with E-state index in [-0.39, 0.29) is 24.5 Å². The van der Waals surface area contributed by atoms with Gasteiger partial charge in [0.1, 0.15) is 17.4 Å². The average molecular weight is 570 g/mol. The number of carbonyl (C=O) groups is 1. The molecule has 0 spiro atoms. The van der Waals surface area contributed by atoms with E-state index in [0.29, 0.717) is 0 Å². The van der Waals surface area contributed by atoms with Gasteiger partial charge in [-0.15, -0.1) is 16.4 Å². The molecule has 6 rings (SSSR count). The lowest BCUT2D eigenvalue weighted by molar-refractivity contribution is -0.137. The first-order chi connectivity index (χ1) is 19.9. The number of thiophene rings is 1. The fourth-order valence-electron chi connectivity index (χ4n) is 6.30. The highest BCUT2D eigenvalue weighted by molar-refractivity contribution is 7.17. The zero-order chi connectivity index (χ0) is 28.7. The smallest absolute Gasteiger partial charge is 0.304 e. The Hall–Kier alpha value is -3.82. The van der Waals surface area contributed by atoms with Crippen molar-refractivity contribution in [2.24, 2.45) is 7.05 Å². The molecule has 1 aliphatic rings. The Labute approximate surface area is 243 Å². The quantitative estimate of drug-likeness (QED) is 0.225. The van der Waals surface area contributed by atoms with Gasteiger partial charge in [-0.25, -0.2) is 4.68 Å². The number of pyridine rings is 1. The van der Waals surface area contributed by atoms with Crippen LogP contribution in [0, 0.1) is 6.92 Å². The topological polar surface area (TPSA) is 93.4 Å². The van der Waals surface area contributed by atoms with Crippen molar-refractivity contribution in [3.8, 4) is 5.75 Å². The van der Waals surface area contributed by atoms with Crippen molar-refractivity contribution >= 4 is 38.4 Å². The Morgan fingerprint density at radius 2 is 2.05 bits per heavy atom. The maximum atomic E-state index is 12.2. The summed E-state index contributed by atoms with van der Waals surface area (Å²) in [6.07, 6.45) is 3.72. The molecule has 3 atom stereocenters. The molecule has 212 valence electrons. The van der Waals surface area contributed by atoms with E-state index in [1.807, 2.05) is 44.4 Å². The summed E-state index contributed by atoms with van der Waals surface area (Å²) < 4.78 is 9.40. The van der Waals surface area contributed by atoms with Crippen LogP contribution in [0.3, 0.4) is 0 Å². The van der Waals surface area contributed by atoms with Crippen molar-refractivity contribution < 1.29 is 14.6 Å². The molecule has 0 radical (unpaired) electrons. The van der Waals surface area contributed by atoms with Gasteiger partial charge in [-0.3, -0.25) is 14.7 Å². The van der Waals surface area contributed by atoms with E-state index >= 15 is 0 Å². The third-order valence-electron chi connectivity index (χ3n) is 8.39. The van der Waals surface area contributed by atoms with Crippen molar-refractivity contribution in [3.05, 3.63) is 82.0 Å². The van der Waals surface area contributed by atoms with E-state index in [0.717, 1.165) is 70.5 Å². The SMILES string of the molecule is CC[C@@H]1CN(Cc2cc([C@H](CC(=O)O)c3ccc4c(nnn4C)c3C)cc3ccsc23)[C@@H](CC)c2ncccc2O1. The zero-order valence-corrected chi connectivity index (χ0v) is 24.7. The molecule has 41 heavy (non-hydrogen) atoms. The lowest BCUT2D eigenvalue weighted by Crippen LogP contribution is -2.35. The van der Waals surface area contributed by atoms with Gasteiger partial charge in [0.05, 0.1) is 23.7 Å². The Bertz CT molecular complexity index is 1730. The van der Waals surface area contributed by atoms with Crippen molar-refractivity contribution in [2.45, 2.75) is 64.6 Å². The number of fused-ring (bicyclic) bond motifs is 3. The standard InChI is InChI=1S/C32H35N5O3S/c1-5-23-18-37(26(6-2)31-28(40-23)8-7-12-33-31)17-22-15-21(14-20-11-13-41-32(20)22)25(16-29(38)39)24-9-10-27-30(19(24)3)34-35-36(27)4/h7-15,23,25-26H,5-6,16-18H2,1-4H3,(H,38,39)/t23-,25+,26+/m1/s1. The van der Waals surface area contributed by atoms with Gasteiger partial charge in [0.25, 0.3) is 0 Å². The van der Waals surface area contributed by atoms with Gasteiger partial charge in [-0.1, -0.05) is 31.2 Å². The molecule has 0 amide bonds.